The fourth-order valence-corrected chi connectivity index (χ4v) is 3.39. The summed E-state index contributed by atoms with van der Waals surface area (Å²) in [6.45, 7) is 9.50. The van der Waals surface area contributed by atoms with E-state index in [1.54, 1.807) is 0 Å². The molecular formula is C16H24N2. The second-order valence-electron chi connectivity index (χ2n) is 6.41. The van der Waals surface area contributed by atoms with Crippen molar-refractivity contribution in [3.63, 3.8) is 0 Å². The van der Waals surface area contributed by atoms with Crippen molar-refractivity contribution in [3.05, 3.63) is 35.4 Å². The van der Waals surface area contributed by atoms with E-state index in [2.05, 4.69) is 48.3 Å². The van der Waals surface area contributed by atoms with Crippen LogP contribution in [0.3, 0.4) is 0 Å². The van der Waals surface area contributed by atoms with Gasteiger partial charge in [-0.1, -0.05) is 38.1 Å². The third-order valence-corrected chi connectivity index (χ3v) is 4.50. The third-order valence-electron chi connectivity index (χ3n) is 4.50. The summed E-state index contributed by atoms with van der Waals surface area (Å²) in [5.41, 5.74) is 3.31. The second kappa shape index (κ2) is 4.67. The Morgan fingerprint density at radius 1 is 1.22 bits per heavy atom. The average molecular weight is 244 g/mol. The van der Waals surface area contributed by atoms with Gasteiger partial charge in [-0.25, -0.2) is 0 Å². The number of hydrogen-bond acceptors (Lipinski definition) is 2. The molecule has 1 atom stereocenters. The van der Waals surface area contributed by atoms with Gasteiger partial charge in [-0.05, 0) is 37.1 Å². The van der Waals surface area contributed by atoms with E-state index < -0.39 is 0 Å². The summed E-state index contributed by atoms with van der Waals surface area (Å²) in [5.74, 6) is 0. The van der Waals surface area contributed by atoms with Crippen molar-refractivity contribution in [2.24, 2.45) is 0 Å². The van der Waals surface area contributed by atoms with Gasteiger partial charge in [-0.15, -0.1) is 0 Å². The van der Waals surface area contributed by atoms with Crippen molar-refractivity contribution < 1.29 is 0 Å². The van der Waals surface area contributed by atoms with Crippen molar-refractivity contribution in [1.29, 1.82) is 0 Å². The fourth-order valence-electron chi connectivity index (χ4n) is 3.39. The van der Waals surface area contributed by atoms with Gasteiger partial charge in [0.15, 0.2) is 0 Å². The number of likely N-dealkylation sites (tertiary alicyclic amines) is 1. The van der Waals surface area contributed by atoms with Crippen LogP contribution in [0.1, 0.15) is 43.9 Å². The molecular weight excluding hydrogens is 220 g/mol. The maximum atomic E-state index is 3.75. The molecule has 2 aliphatic heterocycles. The van der Waals surface area contributed by atoms with Crippen LogP contribution in [-0.2, 0) is 5.41 Å². The van der Waals surface area contributed by atoms with Gasteiger partial charge >= 0.3 is 0 Å². The number of benzene rings is 1. The van der Waals surface area contributed by atoms with Crippen LogP contribution in [0.5, 0.6) is 0 Å². The Labute approximate surface area is 110 Å². The molecule has 3 rings (SSSR count). The Morgan fingerprint density at radius 3 is 2.72 bits per heavy atom. The molecule has 0 unspecified atom stereocenters. The molecule has 0 aromatic heterocycles. The fraction of sp³-hybridized carbons (Fsp3) is 0.625. The van der Waals surface area contributed by atoms with E-state index in [-0.39, 0.29) is 5.41 Å². The molecule has 18 heavy (non-hydrogen) atoms. The molecule has 0 spiro atoms. The lowest BCUT2D eigenvalue weighted by atomic mass is 9.77. The van der Waals surface area contributed by atoms with Crippen LogP contribution >= 0.6 is 0 Å². The first-order valence-electron chi connectivity index (χ1n) is 7.22. The highest BCUT2D eigenvalue weighted by atomic mass is 15.2. The highest BCUT2D eigenvalue weighted by Crippen LogP contribution is 2.34. The first-order valence-corrected chi connectivity index (χ1v) is 7.22. The Kier molecular flexibility index (Phi) is 3.16. The van der Waals surface area contributed by atoms with E-state index in [0.717, 1.165) is 6.54 Å². The van der Waals surface area contributed by atoms with Gasteiger partial charge in [0, 0.05) is 24.5 Å². The minimum Gasteiger partial charge on any atom is -0.308 e. The van der Waals surface area contributed by atoms with Crippen molar-refractivity contribution >= 4 is 0 Å². The number of fused-ring (bicyclic) bond motifs is 1. The number of nitrogens with one attached hydrogen (secondary N) is 1. The summed E-state index contributed by atoms with van der Waals surface area (Å²) >= 11 is 0. The Balaban J connectivity index is 1.84. The molecule has 0 radical (unpaired) electrons. The molecule has 0 aliphatic carbocycles. The minimum absolute atomic E-state index is 0.262. The molecule has 2 heteroatoms. The zero-order chi connectivity index (χ0) is 12.6. The SMILES string of the molecule is CC1(C)CN[C@@H](CN2CCCC2)c2ccccc21. The largest absolute Gasteiger partial charge is 0.308 e. The summed E-state index contributed by atoms with van der Waals surface area (Å²) in [6.07, 6.45) is 2.75. The van der Waals surface area contributed by atoms with Gasteiger partial charge in [0.05, 0.1) is 0 Å². The molecule has 0 saturated carbocycles. The number of rotatable bonds is 2. The van der Waals surface area contributed by atoms with Crippen LogP contribution in [0.15, 0.2) is 24.3 Å². The van der Waals surface area contributed by atoms with Gasteiger partial charge in [0.25, 0.3) is 0 Å². The standard InChI is InChI=1S/C16H24N2/c1-16(2)12-17-15(11-18-9-5-6-10-18)13-7-3-4-8-14(13)16/h3-4,7-8,15,17H,5-6,9-12H2,1-2H3/t15-/m0/s1. The molecule has 2 aliphatic rings. The molecule has 98 valence electrons. The van der Waals surface area contributed by atoms with Gasteiger partial charge in [0.2, 0.25) is 0 Å². The molecule has 2 heterocycles. The minimum atomic E-state index is 0.262. The summed E-state index contributed by atoms with van der Waals surface area (Å²) in [7, 11) is 0. The van der Waals surface area contributed by atoms with Crippen LogP contribution in [-0.4, -0.2) is 31.1 Å². The number of nitrogens with zero attached hydrogens (tertiary/aromatic N) is 1. The van der Waals surface area contributed by atoms with Crippen molar-refractivity contribution in [1.82, 2.24) is 10.2 Å². The van der Waals surface area contributed by atoms with Crippen molar-refractivity contribution in [3.8, 4) is 0 Å². The zero-order valence-corrected chi connectivity index (χ0v) is 11.6. The molecule has 1 N–H and O–H groups in total. The molecule has 1 aromatic carbocycles. The van der Waals surface area contributed by atoms with E-state index >= 15 is 0 Å². The van der Waals surface area contributed by atoms with Crippen LogP contribution in [0.25, 0.3) is 0 Å². The highest BCUT2D eigenvalue weighted by molar-refractivity contribution is 5.38. The molecule has 2 nitrogen and oxygen atoms in total. The summed E-state index contributed by atoms with van der Waals surface area (Å²) in [5, 5.41) is 3.75. The van der Waals surface area contributed by atoms with Gasteiger partial charge < -0.3 is 10.2 Å². The van der Waals surface area contributed by atoms with E-state index in [9.17, 15) is 0 Å². The third kappa shape index (κ3) is 2.19. The van der Waals surface area contributed by atoms with Crippen LogP contribution < -0.4 is 5.32 Å². The average Bonchev–Trinajstić information content (AvgIpc) is 2.86. The first kappa shape index (κ1) is 12.2. The van der Waals surface area contributed by atoms with Crippen LogP contribution in [0.2, 0.25) is 0 Å². The molecule has 1 aromatic rings. The van der Waals surface area contributed by atoms with Crippen molar-refractivity contribution in [2.45, 2.75) is 38.1 Å². The maximum absolute atomic E-state index is 3.75. The lowest BCUT2D eigenvalue weighted by molar-refractivity contribution is 0.268. The molecule has 0 amide bonds. The number of hydrogen-bond donors (Lipinski definition) is 1. The van der Waals surface area contributed by atoms with Gasteiger partial charge in [0.1, 0.15) is 0 Å². The van der Waals surface area contributed by atoms with Crippen molar-refractivity contribution in [2.75, 3.05) is 26.2 Å². The molecule has 1 saturated heterocycles. The summed E-state index contributed by atoms with van der Waals surface area (Å²) in [6, 6.07) is 9.50. The lowest BCUT2D eigenvalue weighted by Crippen LogP contribution is -2.45. The highest BCUT2D eigenvalue weighted by Gasteiger charge is 2.32. The molecule has 0 bridgehead atoms. The predicted molar refractivity (Wildman–Crippen MR) is 75.9 cm³/mol. The maximum Gasteiger partial charge on any atom is 0.0452 e. The lowest BCUT2D eigenvalue weighted by Gasteiger charge is -2.39. The van der Waals surface area contributed by atoms with Gasteiger partial charge in [-0.3, -0.25) is 0 Å². The van der Waals surface area contributed by atoms with Crippen LogP contribution in [0.4, 0.5) is 0 Å². The summed E-state index contributed by atoms with van der Waals surface area (Å²) in [4.78, 5) is 2.60. The topological polar surface area (TPSA) is 15.3 Å². The Morgan fingerprint density at radius 2 is 1.94 bits per heavy atom. The van der Waals surface area contributed by atoms with E-state index in [1.807, 2.05) is 0 Å². The summed E-state index contributed by atoms with van der Waals surface area (Å²) < 4.78 is 0. The van der Waals surface area contributed by atoms with E-state index in [1.165, 1.54) is 43.6 Å². The Hall–Kier alpha value is -0.860. The normalized spacial score (nSPS) is 27.1. The van der Waals surface area contributed by atoms with E-state index in [0.29, 0.717) is 6.04 Å². The predicted octanol–water partition coefficient (Wildman–Crippen LogP) is 2.70. The van der Waals surface area contributed by atoms with Gasteiger partial charge in [-0.2, -0.15) is 0 Å². The van der Waals surface area contributed by atoms with Crippen LogP contribution in [0, 0.1) is 0 Å². The van der Waals surface area contributed by atoms with E-state index in [4.69, 9.17) is 0 Å². The second-order valence-corrected chi connectivity index (χ2v) is 6.41. The molecule has 1 fully saturated rings. The first-order chi connectivity index (χ1) is 8.67. The quantitative estimate of drug-likeness (QED) is 0.860. The monoisotopic (exact) mass is 244 g/mol. The zero-order valence-electron chi connectivity index (χ0n) is 11.6. The smallest absolute Gasteiger partial charge is 0.0452 e. The Bertz CT molecular complexity index is 419.